The Bertz CT molecular complexity index is 924. The zero-order valence-corrected chi connectivity index (χ0v) is 20.7. The molecule has 0 aromatic heterocycles. The molecule has 0 unspecified atom stereocenters. The van der Waals surface area contributed by atoms with Gasteiger partial charge < -0.3 is 29.9 Å². The minimum absolute atomic E-state index is 0.147. The number of benzene rings is 2. The van der Waals surface area contributed by atoms with Gasteiger partial charge in [0.2, 0.25) is 0 Å². The number of nitrogens with zero attached hydrogens (tertiary/aromatic N) is 2. The summed E-state index contributed by atoms with van der Waals surface area (Å²) in [6, 6.07) is 21.8. The van der Waals surface area contributed by atoms with Crippen LogP contribution in [0.5, 0.6) is 0 Å². The zero-order valence-electron chi connectivity index (χ0n) is 20.7. The molecular formula is C28H36N4O4. The second-order valence-electron chi connectivity index (χ2n) is 9.91. The maximum Gasteiger partial charge on any atom is 0.410 e. The van der Waals surface area contributed by atoms with Gasteiger partial charge in [0.25, 0.3) is 0 Å². The quantitative estimate of drug-likeness (QED) is 0.642. The number of cyclic esters (lactones) is 2. The van der Waals surface area contributed by atoms with Gasteiger partial charge in [-0.05, 0) is 36.8 Å². The van der Waals surface area contributed by atoms with Gasteiger partial charge in [0.05, 0.1) is 12.1 Å². The Morgan fingerprint density at radius 3 is 1.50 bits per heavy atom. The van der Waals surface area contributed by atoms with Crippen molar-refractivity contribution in [2.24, 2.45) is 0 Å². The molecule has 4 saturated heterocycles. The minimum Gasteiger partial charge on any atom is -0.447 e. The van der Waals surface area contributed by atoms with E-state index in [1.807, 2.05) is 46.2 Å². The summed E-state index contributed by atoms with van der Waals surface area (Å²) in [7, 11) is 0. The molecule has 0 radical (unpaired) electrons. The summed E-state index contributed by atoms with van der Waals surface area (Å²) < 4.78 is 10.3. The Hall–Kier alpha value is -3.10. The number of nitrogens with one attached hydrogen (secondary N) is 2. The molecular weight excluding hydrogens is 456 g/mol. The zero-order chi connectivity index (χ0) is 24.7. The minimum atomic E-state index is -0.147. The summed E-state index contributed by atoms with van der Waals surface area (Å²) in [5.41, 5.74) is 2.56. The van der Waals surface area contributed by atoms with Crippen LogP contribution in [0, 0.1) is 0 Å². The van der Waals surface area contributed by atoms with Crippen molar-refractivity contribution in [1.82, 2.24) is 20.4 Å². The highest BCUT2D eigenvalue weighted by Crippen LogP contribution is 2.25. The average Bonchev–Trinajstić information content (AvgIpc) is 3.51. The molecule has 0 spiro atoms. The number of rotatable bonds is 6. The van der Waals surface area contributed by atoms with Crippen molar-refractivity contribution in [1.29, 1.82) is 0 Å². The predicted molar refractivity (Wildman–Crippen MR) is 136 cm³/mol. The number of fused-ring (bicyclic) bond motifs is 2. The van der Waals surface area contributed by atoms with E-state index >= 15 is 0 Å². The third-order valence-electron chi connectivity index (χ3n) is 7.60. The molecule has 2 aromatic rings. The van der Waals surface area contributed by atoms with Crippen LogP contribution in [-0.2, 0) is 22.6 Å². The van der Waals surface area contributed by atoms with Crippen molar-refractivity contribution >= 4 is 12.2 Å². The first-order valence-corrected chi connectivity index (χ1v) is 13.1. The van der Waals surface area contributed by atoms with E-state index in [0.29, 0.717) is 25.3 Å². The summed E-state index contributed by atoms with van der Waals surface area (Å²) in [4.78, 5) is 26.7. The van der Waals surface area contributed by atoms with Gasteiger partial charge in [0, 0.05) is 38.3 Å². The van der Waals surface area contributed by atoms with Crippen LogP contribution in [0.4, 0.5) is 9.59 Å². The standard InChI is InChI=1S/2C14H18N2O2/c2*17-14-16-8-4-7-12(13(16)10-18-14)15-9-11-5-2-1-3-6-11/h2*1-3,5-6,12-13,15H,4,7-10H2/t2*12-,13+/m10/s1. The second-order valence-corrected chi connectivity index (χ2v) is 9.91. The third-order valence-corrected chi connectivity index (χ3v) is 7.60. The van der Waals surface area contributed by atoms with E-state index in [1.54, 1.807) is 0 Å². The van der Waals surface area contributed by atoms with E-state index in [2.05, 4.69) is 34.9 Å². The molecule has 192 valence electrons. The number of piperidine rings is 2. The molecule has 4 aliphatic heterocycles. The summed E-state index contributed by atoms with van der Waals surface area (Å²) in [5, 5.41) is 7.11. The molecule has 6 rings (SSSR count). The highest BCUT2D eigenvalue weighted by molar-refractivity contribution is 5.70. The van der Waals surface area contributed by atoms with E-state index in [9.17, 15) is 9.59 Å². The van der Waals surface area contributed by atoms with Crippen molar-refractivity contribution in [2.75, 3.05) is 26.3 Å². The van der Waals surface area contributed by atoms with Crippen LogP contribution < -0.4 is 10.6 Å². The molecule has 4 atom stereocenters. The van der Waals surface area contributed by atoms with E-state index < -0.39 is 0 Å². The molecule has 2 aromatic carbocycles. The lowest BCUT2D eigenvalue weighted by Crippen LogP contribution is -2.52. The van der Waals surface area contributed by atoms with Crippen LogP contribution in [-0.4, -0.2) is 72.5 Å². The molecule has 2 amide bonds. The van der Waals surface area contributed by atoms with Gasteiger partial charge in [0.1, 0.15) is 13.2 Å². The first-order valence-electron chi connectivity index (χ1n) is 13.1. The summed E-state index contributed by atoms with van der Waals surface area (Å²) >= 11 is 0. The van der Waals surface area contributed by atoms with E-state index in [4.69, 9.17) is 9.47 Å². The van der Waals surface area contributed by atoms with E-state index in [1.165, 1.54) is 11.1 Å². The number of carbonyl (C=O) groups excluding carboxylic acids is 2. The van der Waals surface area contributed by atoms with Crippen LogP contribution >= 0.6 is 0 Å². The number of hydrogen-bond donors (Lipinski definition) is 2. The lowest BCUT2D eigenvalue weighted by Gasteiger charge is -2.34. The molecule has 2 N–H and O–H groups in total. The average molecular weight is 493 g/mol. The lowest BCUT2D eigenvalue weighted by molar-refractivity contribution is 0.147. The van der Waals surface area contributed by atoms with Gasteiger partial charge >= 0.3 is 12.2 Å². The number of hydrogen-bond acceptors (Lipinski definition) is 6. The van der Waals surface area contributed by atoms with Crippen molar-refractivity contribution in [3.05, 3.63) is 71.8 Å². The Labute approximate surface area is 212 Å². The topological polar surface area (TPSA) is 83.1 Å². The fourth-order valence-corrected chi connectivity index (χ4v) is 5.62. The predicted octanol–water partition coefficient (Wildman–Crippen LogP) is 3.52. The van der Waals surface area contributed by atoms with Crippen LogP contribution in [0.15, 0.2) is 60.7 Å². The summed E-state index contributed by atoms with van der Waals surface area (Å²) in [5.74, 6) is 0. The highest BCUT2D eigenvalue weighted by Gasteiger charge is 2.41. The highest BCUT2D eigenvalue weighted by atomic mass is 16.6. The molecule has 4 aliphatic rings. The monoisotopic (exact) mass is 492 g/mol. The fraction of sp³-hybridized carbons (Fsp3) is 0.500. The number of carbonyl (C=O) groups is 2. The van der Waals surface area contributed by atoms with Gasteiger partial charge in [-0.1, -0.05) is 60.7 Å². The van der Waals surface area contributed by atoms with Gasteiger partial charge in [-0.15, -0.1) is 0 Å². The van der Waals surface area contributed by atoms with Gasteiger partial charge in [-0.25, -0.2) is 9.59 Å². The molecule has 4 heterocycles. The fourth-order valence-electron chi connectivity index (χ4n) is 5.62. The maximum atomic E-state index is 11.5. The van der Waals surface area contributed by atoms with Crippen molar-refractivity contribution in [3.63, 3.8) is 0 Å². The number of ether oxygens (including phenoxy) is 2. The van der Waals surface area contributed by atoms with Crippen LogP contribution in [0.25, 0.3) is 0 Å². The molecule has 0 aliphatic carbocycles. The van der Waals surface area contributed by atoms with Gasteiger partial charge in [0.15, 0.2) is 0 Å². The molecule has 0 saturated carbocycles. The first kappa shape index (κ1) is 24.6. The van der Waals surface area contributed by atoms with Crippen molar-refractivity contribution in [3.8, 4) is 0 Å². The normalized spacial score (nSPS) is 26.9. The second kappa shape index (κ2) is 11.8. The smallest absolute Gasteiger partial charge is 0.410 e. The van der Waals surface area contributed by atoms with Crippen LogP contribution in [0.3, 0.4) is 0 Å². The Balaban J connectivity index is 0.000000148. The number of amides is 2. The Kier molecular flexibility index (Phi) is 8.03. The van der Waals surface area contributed by atoms with E-state index in [-0.39, 0.29) is 24.3 Å². The van der Waals surface area contributed by atoms with Crippen LogP contribution in [0.1, 0.15) is 36.8 Å². The molecule has 4 fully saturated rings. The molecule has 36 heavy (non-hydrogen) atoms. The largest absolute Gasteiger partial charge is 0.447 e. The SMILES string of the molecule is O=C1OC[C@@H]2[C@@H](NCc3ccccc3)CCCN12.O=C1OC[C@H]2[C@H](NCc3ccccc3)CCCN12. The first-order chi connectivity index (χ1) is 17.7. The van der Waals surface area contributed by atoms with Gasteiger partial charge in [-0.3, -0.25) is 0 Å². The lowest BCUT2D eigenvalue weighted by atomic mass is 9.97. The van der Waals surface area contributed by atoms with Crippen LogP contribution in [0.2, 0.25) is 0 Å². The Morgan fingerprint density at radius 2 is 1.08 bits per heavy atom. The van der Waals surface area contributed by atoms with Crippen molar-refractivity contribution < 1.29 is 19.1 Å². The maximum absolute atomic E-state index is 11.5. The molecule has 8 nitrogen and oxygen atoms in total. The Morgan fingerprint density at radius 1 is 0.667 bits per heavy atom. The van der Waals surface area contributed by atoms with Crippen molar-refractivity contribution in [2.45, 2.75) is 62.9 Å². The summed E-state index contributed by atoms with van der Waals surface area (Å²) in [6.07, 6.45) is 4.04. The third kappa shape index (κ3) is 5.82. The van der Waals surface area contributed by atoms with Gasteiger partial charge in [-0.2, -0.15) is 0 Å². The van der Waals surface area contributed by atoms with E-state index in [0.717, 1.165) is 51.9 Å². The molecule has 0 bridgehead atoms. The molecule has 8 heteroatoms. The summed E-state index contributed by atoms with van der Waals surface area (Å²) in [6.45, 7) is 4.45.